The average molecular weight is 322 g/mol. The fourth-order valence-corrected chi connectivity index (χ4v) is 3.25. The van der Waals surface area contributed by atoms with E-state index in [2.05, 4.69) is 16.7 Å². The smallest absolute Gasteiger partial charge is 0.174 e. The number of fused-ring (bicyclic) bond motifs is 1. The van der Waals surface area contributed by atoms with Gasteiger partial charge in [-0.3, -0.25) is 9.59 Å². The van der Waals surface area contributed by atoms with Crippen molar-refractivity contribution in [1.29, 1.82) is 0 Å². The molecule has 0 radical (unpaired) electrons. The van der Waals surface area contributed by atoms with Crippen molar-refractivity contribution in [3.8, 4) is 0 Å². The average Bonchev–Trinajstić information content (AvgIpc) is 2.97. The van der Waals surface area contributed by atoms with Gasteiger partial charge in [0.05, 0.1) is 11.5 Å². The van der Waals surface area contributed by atoms with E-state index in [1.165, 1.54) is 0 Å². The first-order chi connectivity index (χ1) is 11.6. The second-order valence-corrected chi connectivity index (χ2v) is 6.25. The quantitative estimate of drug-likeness (QED) is 0.644. The standard InChI is InChI=1S/C20H22N2O2/c1-21-15-7-10-20(22-2,11-8-15)12-9-18(23)17-13-14-5-3-4-6-16(14)19(17)24/h3-10,12,17,21-22H,11,13H2,1-2H3. The number of hydrogen-bond donors (Lipinski definition) is 2. The molecule has 2 aliphatic carbocycles. The summed E-state index contributed by atoms with van der Waals surface area (Å²) in [6.07, 6.45) is 10.8. The van der Waals surface area contributed by atoms with Crippen LogP contribution in [0.15, 0.2) is 60.3 Å². The molecule has 0 fully saturated rings. The molecule has 1 aromatic rings. The maximum atomic E-state index is 12.6. The van der Waals surface area contributed by atoms with Crippen LogP contribution in [0.1, 0.15) is 22.3 Å². The molecule has 124 valence electrons. The SMILES string of the molecule is CNC1=CCC(C=CC(=O)C2Cc3ccccc3C2=O)(NC)C=C1. The summed E-state index contributed by atoms with van der Waals surface area (Å²) in [6.45, 7) is 0. The molecule has 0 bridgehead atoms. The van der Waals surface area contributed by atoms with Crippen molar-refractivity contribution in [2.24, 2.45) is 5.92 Å². The summed E-state index contributed by atoms with van der Waals surface area (Å²) in [6, 6.07) is 7.47. The van der Waals surface area contributed by atoms with E-state index >= 15 is 0 Å². The van der Waals surface area contributed by atoms with Crippen molar-refractivity contribution in [3.63, 3.8) is 0 Å². The lowest BCUT2D eigenvalue weighted by molar-refractivity contribution is -0.116. The zero-order valence-corrected chi connectivity index (χ0v) is 14.0. The Bertz CT molecular complexity index is 761. The van der Waals surface area contributed by atoms with Crippen LogP contribution in [0.25, 0.3) is 0 Å². The van der Waals surface area contributed by atoms with Gasteiger partial charge in [0.1, 0.15) is 0 Å². The highest BCUT2D eigenvalue weighted by atomic mass is 16.2. The van der Waals surface area contributed by atoms with Gasteiger partial charge in [-0.15, -0.1) is 0 Å². The van der Waals surface area contributed by atoms with E-state index in [1.54, 1.807) is 12.1 Å². The van der Waals surface area contributed by atoms with E-state index in [0.717, 1.165) is 17.7 Å². The minimum Gasteiger partial charge on any atom is -0.388 e. The molecule has 0 heterocycles. The zero-order chi connectivity index (χ0) is 17.2. The largest absolute Gasteiger partial charge is 0.388 e. The monoisotopic (exact) mass is 322 g/mol. The third-order valence-corrected chi connectivity index (χ3v) is 4.89. The highest BCUT2D eigenvalue weighted by Gasteiger charge is 2.34. The van der Waals surface area contributed by atoms with Crippen LogP contribution >= 0.6 is 0 Å². The van der Waals surface area contributed by atoms with E-state index in [-0.39, 0.29) is 17.1 Å². The van der Waals surface area contributed by atoms with Crippen LogP contribution in [0, 0.1) is 5.92 Å². The predicted molar refractivity (Wildman–Crippen MR) is 94.8 cm³/mol. The topological polar surface area (TPSA) is 58.2 Å². The lowest BCUT2D eigenvalue weighted by atomic mass is 9.88. The zero-order valence-electron chi connectivity index (χ0n) is 14.0. The van der Waals surface area contributed by atoms with Gasteiger partial charge >= 0.3 is 0 Å². The first kappa shape index (κ1) is 16.4. The Labute approximate surface area is 142 Å². The highest BCUT2D eigenvalue weighted by molar-refractivity contribution is 6.16. The normalized spacial score (nSPS) is 25.7. The third-order valence-electron chi connectivity index (χ3n) is 4.89. The number of likely N-dealkylation sites (N-methyl/N-ethyl adjacent to an activating group) is 2. The molecule has 0 aromatic heterocycles. The lowest BCUT2D eigenvalue weighted by Crippen LogP contribution is -2.40. The summed E-state index contributed by atoms with van der Waals surface area (Å²) < 4.78 is 0. The van der Waals surface area contributed by atoms with Gasteiger partial charge in [0.2, 0.25) is 0 Å². The number of Topliss-reactive ketones (excluding diaryl/α,β-unsaturated/α-hetero) is 1. The number of hydrogen-bond acceptors (Lipinski definition) is 4. The number of carbonyl (C=O) groups is 2. The molecule has 2 atom stereocenters. The number of allylic oxidation sites excluding steroid dienone is 2. The Morgan fingerprint density at radius 3 is 2.71 bits per heavy atom. The third kappa shape index (κ3) is 2.97. The van der Waals surface area contributed by atoms with Crippen molar-refractivity contribution in [3.05, 3.63) is 71.5 Å². The summed E-state index contributed by atoms with van der Waals surface area (Å²) in [5.41, 5.74) is 2.33. The van der Waals surface area contributed by atoms with Gasteiger partial charge in [0, 0.05) is 18.3 Å². The van der Waals surface area contributed by atoms with Crippen LogP contribution in [0.3, 0.4) is 0 Å². The first-order valence-electron chi connectivity index (χ1n) is 8.20. The summed E-state index contributed by atoms with van der Waals surface area (Å²) >= 11 is 0. The number of carbonyl (C=O) groups excluding carboxylic acids is 2. The molecule has 0 saturated carbocycles. The molecule has 0 saturated heterocycles. The number of nitrogens with one attached hydrogen (secondary N) is 2. The maximum absolute atomic E-state index is 12.6. The minimum atomic E-state index is -0.580. The predicted octanol–water partition coefficient (Wildman–Crippen LogP) is 2.19. The molecule has 0 aliphatic heterocycles. The summed E-state index contributed by atoms with van der Waals surface area (Å²) in [7, 11) is 3.75. The molecule has 0 amide bonds. The molecule has 4 heteroatoms. The van der Waals surface area contributed by atoms with Gasteiger partial charge in [0.25, 0.3) is 0 Å². The van der Waals surface area contributed by atoms with Crippen molar-refractivity contribution >= 4 is 11.6 Å². The minimum absolute atomic E-state index is 0.0599. The van der Waals surface area contributed by atoms with E-state index in [1.807, 2.05) is 50.5 Å². The number of benzene rings is 1. The fraction of sp³-hybridized carbons (Fsp3) is 0.300. The van der Waals surface area contributed by atoms with Gasteiger partial charge in [-0.05, 0) is 37.6 Å². The Morgan fingerprint density at radius 1 is 1.29 bits per heavy atom. The molecule has 4 nitrogen and oxygen atoms in total. The second-order valence-electron chi connectivity index (χ2n) is 6.25. The molecular formula is C20H22N2O2. The Balaban J connectivity index is 1.74. The molecule has 24 heavy (non-hydrogen) atoms. The van der Waals surface area contributed by atoms with Crippen LogP contribution in [0.5, 0.6) is 0 Å². The van der Waals surface area contributed by atoms with E-state index in [9.17, 15) is 9.59 Å². The molecule has 1 aromatic carbocycles. The molecule has 2 aliphatic rings. The number of rotatable bonds is 5. The summed E-state index contributed by atoms with van der Waals surface area (Å²) in [4.78, 5) is 25.0. The Kier molecular flexibility index (Phi) is 4.49. The van der Waals surface area contributed by atoms with Crippen LogP contribution in [-0.2, 0) is 11.2 Å². The molecule has 0 spiro atoms. The molecule has 2 unspecified atom stereocenters. The van der Waals surface area contributed by atoms with Gasteiger partial charge in [-0.25, -0.2) is 0 Å². The van der Waals surface area contributed by atoms with Gasteiger partial charge in [-0.1, -0.05) is 42.5 Å². The van der Waals surface area contributed by atoms with E-state index < -0.39 is 5.92 Å². The first-order valence-corrected chi connectivity index (χ1v) is 8.20. The van der Waals surface area contributed by atoms with Crippen molar-refractivity contribution in [1.82, 2.24) is 10.6 Å². The van der Waals surface area contributed by atoms with Gasteiger partial charge in [0.15, 0.2) is 11.6 Å². The van der Waals surface area contributed by atoms with Crippen LogP contribution in [-0.4, -0.2) is 31.2 Å². The lowest BCUT2D eigenvalue weighted by Gasteiger charge is -2.29. The van der Waals surface area contributed by atoms with Crippen molar-refractivity contribution in [2.75, 3.05) is 14.1 Å². The van der Waals surface area contributed by atoms with Gasteiger partial charge < -0.3 is 10.6 Å². The molecular weight excluding hydrogens is 300 g/mol. The second kappa shape index (κ2) is 6.57. The Hall–Kier alpha value is -2.46. The molecule has 2 N–H and O–H groups in total. The fourth-order valence-electron chi connectivity index (χ4n) is 3.25. The van der Waals surface area contributed by atoms with Crippen LogP contribution < -0.4 is 10.6 Å². The summed E-state index contributed by atoms with van der Waals surface area (Å²) in [5.74, 6) is -0.763. The maximum Gasteiger partial charge on any atom is 0.174 e. The van der Waals surface area contributed by atoms with Gasteiger partial charge in [-0.2, -0.15) is 0 Å². The van der Waals surface area contributed by atoms with Crippen molar-refractivity contribution in [2.45, 2.75) is 18.4 Å². The molecule has 3 rings (SSSR count). The van der Waals surface area contributed by atoms with Crippen LogP contribution in [0.2, 0.25) is 0 Å². The van der Waals surface area contributed by atoms with E-state index in [0.29, 0.717) is 12.0 Å². The summed E-state index contributed by atoms with van der Waals surface area (Å²) in [5, 5.41) is 6.36. The van der Waals surface area contributed by atoms with E-state index in [4.69, 9.17) is 0 Å². The highest BCUT2D eigenvalue weighted by Crippen LogP contribution is 2.28. The Morgan fingerprint density at radius 2 is 2.08 bits per heavy atom. The van der Waals surface area contributed by atoms with Crippen LogP contribution in [0.4, 0.5) is 0 Å². The number of ketones is 2. The van der Waals surface area contributed by atoms with Crippen molar-refractivity contribution < 1.29 is 9.59 Å².